The third kappa shape index (κ3) is 1.32. The summed E-state index contributed by atoms with van der Waals surface area (Å²) in [5, 5.41) is 2.46. The molecule has 3 aromatic rings. The van der Waals surface area contributed by atoms with Crippen LogP contribution < -0.4 is 0 Å². The fourth-order valence-electron chi connectivity index (χ4n) is 2.85. The molecular weight excluding hydrogens is 222 g/mol. The van der Waals surface area contributed by atoms with Crippen LogP contribution in [0.3, 0.4) is 0 Å². The molecular formula is C16H15NO. The molecule has 0 spiro atoms. The molecule has 0 atom stereocenters. The zero-order chi connectivity index (χ0) is 12.9. The van der Waals surface area contributed by atoms with Gasteiger partial charge >= 0.3 is 0 Å². The van der Waals surface area contributed by atoms with Crippen molar-refractivity contribution in [2.45, 2.75) is 13.8 Å². The van der Waals surface area contributed by atoms with Gasteiger partial charge in [-0.15, -0.1) is 0 Å². The van der Waals surface area contributed by atoms with Crippen LogP contribution in [0.5, 0.6) is 0 Å². The zero-order valence-corrected chi connectivity index (χ0v) is 10.8. The number of Topliss-reactive ketones (excluding diaryl/α,β-unsaturated/α-hetero) is 1. The number of benzene rings is 2. The maximum absolute atomic E-state index is 11.6. The third-order valence-electron chi connectivity index (χ3n) is 3.70. The van der Waals surface area contributed by atoms with Gasteiger partial charge in [0.25, 0.3) is 0 Å². The molecule has 1 aromatic heterocycles. The van der Waals surface area contributed by atoms with Crippen LogP contribution in [0.25, 0.3) is 21.8 Å². The van der Waals surface area contributed by atoms with Crippen molar-refractivity contribution >= 4 is 27.6 Å². The van der Waals surface area contributed by atoms with Crippen LogP contribution in [-0.4, -0.2) is 10.4 Å². The van der Waals surface area contributed by atoms with Gasteiger partial charge in [-0.2, -0.15) is 0 Å². The molecule has 0 saturated heterocycles. The van der Waals surface area contributed by atoms with E-state index in [0.717, 1.165) is 16.6 Å². The minimum atomic E-state index is 0.125. The number of carbonyl (C=O) groups is 1. The van der Waals surface area contributed by atoms with Crippen molar-refractivity contribution in [3.63, 3.8) is 0 Å². The lowest BCUT2D eigenvalue weighted by Crippen LogP contribution is -1.98. The number of carbonyl (C=O) groups excluding carboxylic acids is 1. The molecule has 3 rings (SSSR count). The van der Waals surface area contributed by atoms with Crippen molar-refractivity contribution in [1.29, 1.82) is 0 Å². The first-order valence-electron chi connectivity index (χ1n) is 6.09. The summed E-state index contributed by atoms with van der Waals surface area (Å²) < 4.78 is 2.17. The topological polar surface area (TPSA) is 22.0 Å². The highest BCUT2D eigenvalue weighted by molar-refractivity contribution is 6.11. The van der Waals surface area contributed by atoms with Crippen molar-refractivity contribution in [1.82, 2.24) is 4.57 Å². The summed E-state index contributed by atoms with van der Waals surface area (Å²) in [6, 6.07) is 12.3. The Morgan fingerprint density at radius 1 is 1.06 bits per heavy atom. The number of aryl methyl sites for hydroxylation is 2. The molecule has 90 valence electrons. The summed E-state index contributed by atoms with van der Waals surface area (Å²) >= 11 is 0. The second-order valence-electron chi connectivity index (χ2n) is 4.77. The van der Waals surface area contributed by atoms with Crippen LogP contribution in [0, 0.1) is 6.92 Å². The molecule has 0 bridgehead atoms. The lowest BCUT2D eigenvalue weighted by atomic mass is 10.0. The standard InChI is InChI=1S/C16H15NO/c1-10-12(11(2)18)8-9-14-13-6-4-5-7-15(13)17(3)16(10)14/h4-9H,1-3H3. The summed E-state index contributed by atoms with van der Waals surface area (Å²) in [5.41, 5.74) is 4.24. The first-order valence-corrected chi connectivity index (χ1v) is 6.09. The van der Waals surface area contributed by atoms with Crippen molar-refractivity contribution in [2.75, 3.05) is 0 Å². The van der Waals surface area contributed by atoms with Crippen LogP contribution in [0.1, 0.15) is 22.8 Å². The van der Waals surface area contributed by atoms with Crippen molar-refractivity contribution in [3.05, 3.63) is 47.5 Å². The molecule has 0 amide bonds. The lowest BCUT2D eigenvalue weighted by molar-refractivity contribution is 0.101. The first kappa shape index (κ1) is 11.0. The van der Waals surface area contributed by atoms with Crippen molar-refractivity contribution < 1.29 is 4.79 Å². The summed E-state index contributed by atoms with van der Waals surface area (Å²) in [6.45, 7) is 3.65. The van der Waals surface area contributed by atoms with Crippen molar-refractivity contribution in [2.24, 2.45) is 7.05 Å². The highest BCUT2D eigenvalue weighted by atomic mass is 16.1. The number of hydrogen-bond acceptors (Lipinski definition) is 1. The average Bonchev–Trinajstić information content (AvgIpc) is 2.65. The van der Waals surface area contributed by atoms with E-state index >= 15 is 0 Å². The predicted molar refractivity (Wildman–Crippen MR) is 75.2 cm³/mol. The maximum Gasteiger partial charge on any atom is 0.160 e. The van der Waals surface area contributed by atoms with Gasteiger partial charge in [-0.05, 0) is 25.5 Å². The normalized spacial score (nSPS) is 11.3. The van der Waals surface area contributed by atoms with Gasteiger partial charge in [0.15, 0.2) is 5.78 Å². The molecule has 2 nitrogen and oxygen atoms in total. The molecule has 0 saturated carbocycles. The molecule has 0 aliphatic carbocycles. The molecule has 0 unspecified atom stereocenters. The average molecular weight is 237 g/mol. The Labute approximate surface area is 106 Å². The Morgan fingerprint density at radius 3 is 2.50 bits per heavy atom. The summed E-state index contributed by atoms with van der Waals surface area (Å²) in [7, 11) is 2.06. The van der Waals surface area contributed by atoms with E-state index < -0.39 is 0 Å². The Balaban J connectivity index is 2.56. The molecule has 18 heavy (non-hydrogen) atoms. The molecule has 0 aliphatic heterocycles. The second kappa shape index (κ2) is 3.70. The first-order chi connectivity index (χ1) is 8.61. The summed E-state index contributed by atoms with van der Waals surface area (Å²) in [6.07, 6.45) is 0. The highest BCUT2D eigenvalue weighted by Crippen LogP contribution is 2.31. The zero-order valence-electron chi connectivity index (χ0n) is 10.8. The SMILES string of the molecule is CC(=O)c1ccc2c3ccccc3n(C)c2c1C. The van der Waals surface area contributed by atoms with E-state index in [1.54, 1.807) is 6.92 Å². The summed E-state index contributed by atoms with van der Waals surface area (Å²) in [4.78, 5) is 11.6. The van der Waals surface area contributed by atoms with Gasteiger partial charge in [0.2, 0.25) is 0 Å². The van der Waals surface area contributed by atoms with E-state index in [-0.39, 0.29) is 5.78 Å². The summed E-state index contributed by atoms with van der Waals surface area (Å²) in [5.74, 6) is 0.125. The largest absolute Gasteiger partial charge is 0.343 e. The van der Waals surface area contributed by atoms with E-state index in [1.807, 2.05) is 19.1 Å². The van der Waals surface area contributed by atoms with Crippen LogP contribution in [0.4, 0.5) is 0 Å². The van der Waals surface area contributed by atoms with Gasteiger partial charge in [0, 0.05) is 28.9 Å². The van der Waals surface area contributed by atoms with Gasteiger partial charge in [-0.1, -0.05) is 30.3 Å². The van der Waals surface area contributed by atoms with Gasteiger partial charge < -0.3 is 4.57 Å². The Bertz CT molecular complexity index is 780. The Morgan fingerprint density at radius 2 is 1.78 bits per heavy atom. The number of aromatic nitrogens is 1. The second-order valence-corrected chi connectivity index (χ2v) is 4.77. The van der Waals surface area contributed by atoms with Crippen LogP contribution in [0.2, 0.25) is 0 Å². The smallest absolute Gasteiger partial charge is 0.160 e. The molecule has 0 fully saturated rings. The molecule has 1 heterocycles. The number of para-hydroxylation sites is 1. The number of rotatable bonds is 1. The van der Waals surface area contributed by atoms with E-state index in [9.17, 15) is 4.79 Å². The molecule has 0 N–H and O–H groups in total. The quantitative estimate of drug-likeness (QED) is 0.589. The molecule has 0 aliphatic rings. The van der Waals surface area contributed by atoms with E-state index in [4.69, 9.17) is 0 Å². The fourth-order valence-corrected chi connectivity index (χ4v) is 2.85. The maximum atomic E-state index is 11.6. The Kier molecular flexibility index (Phi) is 2.27. The van der Waals surface area contributed by atoms with E-state index in [1.165, 1.54) is 16.3 Å². The highest BCUT2D eigenvalue weighted by Gasteiger charge is 2.13. The minimum Gasteiger partial charge on any atom is -0.343 e. The van der Waals surface area contributed by atoms with Gasteiger partial charge in [0.1, 0.15) is 0 Å². The van der Waals surface area contributed by atoms with E-state index in [2.05, 4.69) is 35.9 Å². The number of nitrogens with zero attached hydrogens (tertiary/aromatic N) is 1. The lowest BCUT2D eigenvalue weighted by Gasteiger charge is -2.06. The van der Waals surface area contributed by atoms with E-state index in [0.29, 0.717) is 0 Å². The Hall–Kier alpha value is -2.09. The van der Waals surface area contributed by atoms with Crippen LogP contribution in [-0.2, 0) is 7.05 Å². The molecule has 2 aromatic carbocycles. The fraction of sp³-hybridized carbons (Fsp3) is 0.188. The molecule has 2 heteroatoms. The predicted octanol–water partition coefficient (Wildman–Crippen LogP) is 3.84. The van der Waals surface area contributed by atoms with Gasteiger partial charge in [0.05, 0.1) is 5.52 Å². The van der Waals surface area contributed by atoms with Crippen LogP contribution >= 0.6 is 0 Å². The monoisotopic (exact) mass is 237 g/mol. The number of hydrogen-bond donors (Lipinski definition) is 0. The number of fused-ring (bicyclic) bond motifs is 3. The number of ketones is 1. The third-order valence-corrected chi connectivity index (χ3v) is 3.70. The van der Waals surface area contributed by atoms with Gasteiger partial charge in [-0.25, -0.2) is 0 Å². The van der Waals surface area contributed by atoms with Crippen LogP contribution in [0.15, 0.2) is 36.4 Å². The minimum absolute atomic E-state index is 0.125. The van der Waals surface area contributed by atoms with Gasteiger partial charge in [-0.3, -0.25) is 4.79 Å². The van der Waals surface area contributed by atoms with Crippen molar-refractivity contribution in [3.8, 4) is 0 Å². The molecule has 0 radical (unpaired) electrons.